The average Bonchev–Trinajstić information content (AvgIpc) is 2.82. The van der Waals surface area contributed by atoms with E-state index in [1.807, 2.05) is 12.1 Å². The molecule has 0 saturated heterocycles. The molecule has 0 heterocycles. The van der Waals surface area contributed by atoms with Crippen LogP contribution in [0.3, 0.4) is 0 Å². The van der Waals surface area contributed by atoms with Crippen LogP contribution in [0.1, 0.15) is 101 Å². The lowest BCUT2D eigenvalue weighted by atomic mass is 9.79. The Morgan fingerprint density at radius 1 is 1.06 bits per heavy atom. The van der Waals surface area contributed by atoms with E-state index in [1.165, 1.54) is 30.4 Å². The third-order valence-corrected chi connectivity index (χ3v) is 7.34. The van der Waals surface area contributed by atoms with Gasteiger partial charge in [-0.15, -0.1) is 0 Å². The summed E-state index contributed by atoms with van der Waals surface area (Å²) in [7, 11) is 0. The number of rotatable bonds is 9. The number of aryl methyl sites for hydroxylation is 1. The molecule has 0 N–H and O–H groups in total. The van der Waals surface area contributed by atoms with E-state index in [0.717, 1.165) is 64.2 Å². The molecule has 1 aromatic rings. The molecule has 3 rings (SSSR count). The third kappa shape index (κ3) is 7.53. The minimum atomic E-state index is 0.0477. The molecule has 0 bridgehead atoms. The highest BCUT2D eigenvalue weighted by Gasteiger charge is 2.30. The van der Waals surface area contributed by atoms with Crippen LogP contribution in [0.25, 0.3) is 0 Å². The molecule has 0 radical (unpaired) electrons. The summed E-state index contributed by atoms with van der Waals surface area (Å²) in [5.41, 5.74) is 2.90. The molecular formula is C28H39NO2. The third-order valence-electron chi connectivity index (χ3n) is 7.34. The van der Waals surface area contributed by atoms with Crippen LogP contribution in [0.4, 0.5) is 0 Å². The zero-order valence-electron chi connectivity index (χ0n) is 19.2. The summed E-state index contributed by atoms with van der Waals surface area (Å²) >= 11 is 0. The summed E-state index contributed by atoms with van der Waals surface area (Å²) in [6, 6.07) is 11.3. The number of nitriles is 1. The SMILES string of the molecule is CCCCc1ccc(C2CCC(OC(=O)C3CCC(CC/C=C/C#N)CC3)CC2)cc1. The molecule has 2 fully saturated rings. The van der Waals surface area contributed by atoms with Crippen LogP contribution in [-0.2, 0) is 16.0 Å². The highest BCUT2D eigenvalue weighted by Crippen LogP contribution is 2.36. The normalized spacial score (nSPS) is 26.5. The van der Waals surface area contributed by atoms with Crippen molar-refractivity contribution in [1.82, 2.24) is 0 Å². The summed E-state index contributed by atoms with van der Waals surface area (Å²) in [6.07, 6.45) is 17.8. The Morgan fingerprint density at radius 2 is 1.77 bits per heavy atom. The van der Waals surface area contributed by atoms with E-state index in [2.05, 4.69) is 31.2 Å². The van der Waals surface area contributed by atoms with Gasteiger partial charge in [-0.05, 0) is 100 Å². The Balaban J connectivity index is 1.35. The highest BCUT2D eigenvalue weighted by atomic mass is 16.5. The maximum absolute atomic E-state index is 12.7. The van der Waals surface area contributed by atoms with Gasteiger partial charge in [-0.1, -0.05) is 43.7 Å². The maximum atomic E-state index is 12.7. The molecule has 31 heavy (non-hydrogen) atoms. The Hall–Kier alpha value is -2.08. The Morgan fingerprint density at radius 3 is 2.42 bits per heavy atom. The summed E-state index contributed by atoms with van der Waals surface area (Å²) in [5.74, 6) is 1.45. The number of carbonyl (C=O) groups is 1. The van der Waals surface area contributed by atoms with Crippen LogP contribution in [-0.4, -0.2) is 12.1 Å². The van der Waals surface area contributed by atoms with Crippen molar-refractivity contribution in [2.45, 2.75) is 102 Å². The van der Waals surface area contributed by atoms with E-state index >= 15 is 0 Å². The van der Waals surface area contributed by atoms with E-state index in [-0.39, 0.29) is 18.0 Å². The lowest BCUT2D eigenvalue weighted by Crippen LogP contribution is -2.29. The van der Waals surface area contributed by atoms with Gasteiger partial charge in [-0.3, -0.25) is 4.79 Å². The zero-order chi connectivity index (χ0) is 21.9. The highest BCUT2D eigenvalue weighted by molar-refractivity contribution is 5.72. The number of benzene rings is 1. The van der Waals surface area contributed by atoms with Gasteiger partial charge in [0.1, 0.15) is 6.10 Å². The van der Waals surface area contributed by atoms with Crippen LogP contribution in [0, 0.1) is 23.2 Å². The van der Waals surface area contributed by atoms with Gasteiger partial charge >= 0.3 is 5.97 Å². The van der Waals surface area contributed by atoms with Crippen molar-refractivity contribution in [2.75, 3.05) is 0 Å². The number of unbranched alkanes of at least 4 members (excludes halogenated alkanes) is 1. The maximum Gasteiger partial charge on any atom is 0.309 e. The number of hydrogen-bond acceptors (Lipinski definition) is 3. The number of carbonyl (C=O) groups excluding carboxylic acids is 1. The molecule has 3 nitrogen and oxygen atoms in total. The van der Waals surface area contributed by atoms with Gasteiger partial charge in [0.15, 0.2) is 0 Å². The molecule has 2 saturated carbocycles. The number of esters is 1. The number of hydrogen-bond donors (Lipinski definition) is 0. The first-order chi connectivity index (χ1) is 15.2. The summed E-state index contributed by atoms with van der Waals surface area (Å²) < 4.78 is 5.94. The van der Waals surface area contributed by atoms with Crippen LogP contribution in [0.15, 0.2) is 36.4 Å². The van der Waals surface area contributed by atoms with Crippen LogP contribution in [0.5, 0.6) is 0 Å². The Bertz CT molecular complexity index is 729. The number of nitrogens with zero attached hydrogens (tertiary/aromatic N) is 1. The molecule has 168 valence electrons. The molecule has 0 spiro atoms. The largest absolute Gasteiger partial charge is 0.462 e. The van der Waals surface area contributed by atoms with Gasteiger partial charge < -0.3 is 4.74 Å². The minimum absolute atomic E-state index is 0.0477. The Labute approximate surface area is 188 Å². The van der Waals surface area contributed by atoms with Gasteiger partial charge in [-0.25, -0.2) is 0 Å². The summed E-state index contributed by atoms with van der Waals surface area (Å²) in [4.78, 5) is 12.7. The summed E-state index contributed by atoms with van der Waals surface area (Å²) in [6.45, 7) is 2.24. The zero-order valence-corrected chi connectivity index (χ0v) is 19.2. The lowest BCUT2D eigenvalue weighted by Gasteiger charge is -2.31. The van der Waals surface area contributed by atoms with Crippen molar-refractivity contribution in [3.8, 4) is 6.07 Å². The topological polar surface area (TPSA) is 50.1 Å². The van der Waals surface area contributed by atoms with Crippen molar-refractivity contribution >= 4 is 5.97 Å². The van der Waals surface area contributed by atoms with E-state index in [1.54, 1.807) is 6.08 Å². The van der Waals surface area contributed by atoms with Gasteiger partial charge in [0.2, 0.25) is 0 Å². The van der Waals surface area contributed by atoms with E-state index in [4.69, 9.17) is 10.00 Å². The smallest absolute Gasteiger partial charge is 0.309 e. The predicted octanol–water partition coefficient (Wildman–Crippen LogP) is 7.26. The Kier molecular flexibility index (Phi) is 9.66. The van der Waals surface area contributed by atoms with E-state index in [9.17, 15) is 4.79 Å². The van der Waals surface area contributed by atoms with Crippen molar-refractivity contribution in [3.05, 3.63) is 47.5 Å². The second-order valence-corrected chi connectivity index (χ2v) is 9.58. The summed E-state index contributed by atoms with van der Waals surface area (Å²) in [5, 5.41) is 8.55. The fourth-order valence-electron chi connectivity index (χ4n) is 5.27. The number of allylic oxidation sites excluding steroid dienone is 2. The fraction of sp³-hybridized carbons (Fsp3) is 0.643. The average molecular weight is 422 g/mol. The van der Waals surface area contributed by atoms with Crippen LogP contribution in [0.2, 0.25) is 0 Å². The first kappa shape index (κ1) is 23.6. The second-order valence-electron chi connectivity index (χ2n) is 9.58. The number of ether oxygens (including phenoxy) is 1. The van der Waals surface area contributed by atoms with E-state index in [0.29, 0.717) is 11.8 Å². The molecule has 0 unspecified atom stereocenters. The molecule has 0 atom stereocenters. The predicted molar refractivity (Wildman–Crippen MR) is 126 cm³/mol. The first-order valence-corrected chi connectivity index (χ1v) is 12.5. The molecule has 1 aromatic carbocycles. The van der Waals surface area contributed by atoms with Crippen molar-refractivity contribution in [3.63, 3.8) is 0 Å². The molecular weight excluding hydrogens is 382 g/mol. The van der Waals surface area contributed by atoms with Gasteiger partial charge in [0.05, 0.1) is 12.0 Å². The molecule has 2 aliphatic rings. The molecule has 0 amide bonds. The minimum Gasteiger partial charge on any atom is -0.462 e. The standard InChI is InChI=1S/C28H39NO2/c1-2-3-7-22-9-13-24(14-10-22)25-17-19-27(20-18-25)31-28(30)26-15-11-23(12-16-26)8-5-4-6-21-29/h4,6,9-10,13-14,23,25-27H,2-3,5,7-8,11-12,15-20H2,1H3/b6-4+. The van der Waals surface area contributed by atoms with Gasteiger partial charge in [0, 0.05) is 6.08 Å². The van der Waals surface area contributed by atoms with Gasteiger partial charge in [0.25, 0.3) is 0 Å². The quantitative estimate of drug-likeness (QED) is 0.311. The molecule has 0 aromatic heterocycles. The monoisotopic (exact) mass is 421 g/mol. The van der Waals surface area contributed by atoms with Crippen molar-refractivity contribution in [2.24, 2.45) is 11.8 Å². The van der Waals surface area contributed by atoms with Crippen LogP contribution < -0.4 is 0 Å². The lowest BCUT2D eigenvalue weighted by molar-refractivity contribution is -0.157. The first-order valence-electron chi connectivity index (χ1n) is 12.5. The van der Waals surface area contributed by atoms with E-state index < -0.39 is 0 Å². The molecule has 2 aliphatic carbocycles. The second kappa shape index (κ2) is 12.7. The van der Waals surface area contributed by atoms with Crippen molar-refractivity contribution < 1.29 is 9.53 Å². The molecule has 0 aliphatic heterocycles. The fourth-order valence-corrected chi connectivity index (χ4v) is 5.27. The van der Waals surface area contributed by atoms with Crippen LogP contribution >= 0.6 is 0 Å². The van der Waals surface area contributed by atoms with Crippen molar-refractivity contribution in [1.29, 1.82) is 5.26 Å². The van der Waals surface area contributed by atoms with Gasteiger partial charge in [-0.2, -0.15) is 5.26 Å². The molecule has 3 heteroatoms.